The average Bonchev–Trinajstić information content (AvgIpc) is 3.09. The predicted molar refractivity (Wildman–Crippen MR) is 79.2 cm³/mol. The second-order valence-electron chi connectivity index (χ2n) is 5.53. The molecule has 1 aromatic rings. The predicted octanol–water partition coefficient (Wildman–Crippen LogP) is 0.596. The minimum Gasteiger partial charge on any atom is -0.371 e. The highest BCUT2D eigenvalue weighted by atomic mass is 16.2. The van der Waals surface area contributed by atoms with Gasteiger partial charge in [-0.25, -0.2) is 0 Å². The van der Waals surface area contributed by atoms with Crippen molar-refractivity contribution in [2.75, 3.05) is 44.2 Å². The van der Waals surface area contributed by atoms with Crippen LogP contribution < -0.4 is 4.90 Å². The highest BCUT2D eigenvalue weighted by molar-refractivity contribution is 5.93. The minimum absolute atomic E-state index is 0.0402. The number of carbonyl (C=O) groups is 2. The van der Waals surface area contributed by atoms with Crippen LogP contribution in [0.1, 0.15) is 23.3 Å². The lowest BCUT2D eigenvalue weighted by molar-refractivity contribution is -0.119. The molecule has 0 atom stereocenters. The van der Waals surface area contributed by atoms with Crippen molar-refractivity contribution < 1.29 is 9.59 Å². The molecule has 1 aromatic heterocycles. The second-order valence-corrected chi connectivity index (χ2v) is 5.53. The average molecular weight is 288 g/mol. The Kier molecular flexibility index (Phi) is 4.03. The number of hydrogen-bond acceptors (Lipinski definition) is 4. The first-order valence-electron chi connectivity index (χ1n) is 7.47. The first-order valence-corrected chi connectivity index (χ1v) is 7.47. The summed E-state index contributed by atoms with van der Waals surface area (Å²) in [6, 6.07) is 3.85. The van der Waals surface area contributed by atoms with Gasteiger partial charge in [-0.15, -0.1) is 0 Å². The zero-order valence-electron chi connectivity index (χ0n) is 12.1. The van der Waals surface area contributed by atoms with Gasteiger partial charge in [-0.1, -0.05) is 0 Å². The number of nitrogens with zero attached hydrogens (tertiary/aromatic N) is 4. The summed E-state index contributed by atoms with van der Waals surface area (Å²) >= 11 is 0. The molecule has 2 aliphatic heterocycles. The maximum atomic E-state index is 12.5. The van der Waals surface area contributed by atoms with E-state index in [1.165, 1.54) is 12.8 Å². The Morgan fingerprint density at radius 1 is 1.10 bits per heavy atom. The topological polar surface area (TPSA) is 56.8 Å². The lowest BCUT2D eigenvalue weighted by atomic mass is 10.2. The van der Waals surface area contributed by atoms with Crippen LogP contribution in [0.4, 0.5) is 5.69 Å². The van der Waals surface area contributed by atoms with Gasteiger partial charge in [-0.2, -0.15) is 0 Å². The summed E-state index contributed by atoms with van der Waals surface area (Å²) in [7, 11) is 0. The maximum absolute atomic E-state index is 12.5. The molecule has 2 fully saturated rings. The molecule has 112 valence electrons. The molecule has 0 unspecified atom stereocenters. The van der Waals surface area contributed by atoms with Crippen LogP contribution in [-0.2, 0) is 4.79 Å². The summed E-state index contributed by atoms with van der Waals surface area (Å²) in [6.45, 7) is 4.45. The van der Waals surface area contributed by atoms with Crippen LogP contribution in [0.5, 0.6) is 0 Å². The van der Waals surface area contributed by atoms with E-state index in [-0.39, 0.29) is 5.91 Å². The minimum atomic E-state index is -0.0402. The zero-order valence-corrected chi connectivity index (χ0v) is 12.1. The van der Waals surface area contributed by atoms with Crippen molar-refractivity contribution in [2.24, 2.45) is 0 Å². The van der Waals surface area contributed by atoms with Crippen molar-refractivity contribution in [1.82, 2.24) is 14.8 Å². The third-order valence-electron chi connectivity index (χ3n) is 4.18. The van der Waals surface area contributed by atoms with Crippen molar-refractivity contribution in [2.45, 2.75) is 12.8 Å². The third kappa shape index (κ3) is 2.99. The summed E-state index contributed by atoms with van der Waals surface area (Å²) in [5, 5.41) is 0. The van der Waals surface area contributed by atoms with Gasteiger partial charge in [0.2, 0.25) is 6.41 Å². The van der Waals surface area contributed by atoms with Crippen molar-refractivity contribution in [3.05, 3.63) is 24.0 Å². The van der Waals surface area contributed by atoms with Crippen molar-refractivity contribution in [3.63, 3.8) is 0 Å². The molecule has 0 N–H and O–H groups in total. The van der Waals surface area contributed by atoms with Crippen molar-refractivity contribution in [1.29, 1.82) is 0 Å². The van der Waals surface area contributed by atoms with Gasteiger partial charge in [0.25, 0.3) is 5.91 Å². The number of carbonyl (C=O) groups excluding carboxylic acids is 2. The van der Waals surface area contributed by atoms with E-state index in [9.17, 15) is 9.59 Å². The van der Waals surface area contributed by atoms with Gasteiger partial charge in [0.15, 0.2) is 0 Å². The van der Waals surface area contributed by atoms with E-state index in [1.54, 1.807) is 16.0 Å². The summed E-state index contributed by atoms with van der Waals surface area (Å²) in [4.78, 5) is 33.2. The SMILES string of the molecule is O=CN1CCN(C(=O)c2cc(N3CCCC3)ccn2)CC1. The van der Waals surface area contributed by atoms with Crippen molar-refractivity contribution >= 4 is 18.0 Å². The van der Waals surface area contributed by atoms with Gasteiger partial charge in [0, 0.05) is 51.2 Å². The summed E-state index contributed by atoms with van der Waals surface area (Å²) in [5.41, 5.74) is 1.58. The molecular formula is C15H20N4O2. The molecule has 3 heterocycles. The fraction of sp³-hybridized carbons (Fsp3) is 0.533. The standard InChI is InChI=1S/C15H20N4O2/c20-12-17-7-9-19(10-8-17)15(21)14-11-13(3-4-16-14)18-5-1-2-6-18/h3-4,11-12H,1-2,5-10H2. The summed E-state index contributed by atoms with van der Waals surface area (Å²) in [6.07, 6.45) is 4.97. The summed E-state index contributed by atoms with van der Waals surface area (Å²) < 4.78 is 0. The van der Waals surface area contributed by atoms with Gasteiger partial charge in [-0.05, 0) is 25.0 Å². The van der Waals surface area contributed by atoms with E-state index < -0.39 is 0 Å². The molecular weight excluding hydrogens is 268 g/mol. The van der Waals surface area contributed by atoms with Crippen LogP contribution in [0.25, 0.3) is 0 Å². The Labute approximate surface area is 124 Å². The molecule has 3 rings (SSSR count). The highest BCUT2D eigenvalue weighted by Crippen LogP contribution is 2.20. The number of pyridine rings is 1. The Morgan fingerprint density at radius 2 is 1.81 bits per heavy atom. The number of aromatic nitrogens is 1. The molecule has 0 spiro atoms. The lowest BCUT2D eigenvalue weighted by Crippen LogP contribution is -2.48. The molecule has 2 aliphatic rings. The number of rotatable bonds is 3. The van der Waals surface area contributed by atoms with E-state index in [0.29, 0.717) is 31.9 Å². The lowest BCUT2D eigenvalue weighted by Gasteiger charge is -2.32. The Morgan fingerprint density at radius 3 is 2.48 bits per heavy atom. The number of anilines is 1. The fourth-order valence-electron chi connectivity index (χ4n) is 2.90. The third-order valence-corrected chi connectivity index (χ3v) is 4.18. The van der Waals surface area contributed by atoms with E-state index in [2.05, 4.69) is 9.88 Å². The van der Waals surface area contributed by atoms with E-state index in [1.807, 2.05) is 12.1 Å². The first kappa shape index (κ1) is 13.9. The van der Waals surface area contributed by atoms with E-state index >= 15 is 0 Å². The molecule has 2 saturated heterocycles. The van der Waals surface area contributed by atoms with Crippen LogP contribution in [0.3, 0.4) is 0 Å². The van der Waals surface area contributed by atoms with Gasteiger partial charge < -0.3 is 14.7 Å². The molecule has 0 radical (unpaired) electrons. The Hall–Kier alpha value is -2.11. The Balaban J connectivity index is 1.69. The van der Waals surface area contributed by atoms with Crippen LogP contribution in [0.15, 0.2) is 18.3 Å². The van der Waals surface area contributed by atoms with Gasteiger partial charge in [0.1, 0.15) is 5.69 Å². The molecule has 6 heteroatoms. The number of piperazine rings is 1. The smallest absolute Gasteiger partial charge is 0.272 e. The van der Waals surface area contributed by atoms with Crippen molar-refractivity contribution in [3.8, 4) is 0 Å². The molecule has 0 aliphatic carbocycles. The largest absolute Gasteiger partial charge is 0.371 e. The van der Waals surface area contributed by atoms with E-state index in [4.69, 9.17) is 0 Å². The van der Waals surface area contributed by atoms with Gasteiger partial charge >= 0.3 is 0 Å². The Bertz CT molecular complexity index is 520. The first-order chi connectivity index (χ1) is 10.3. The molecule has 21 heavy (non-hydrogen) atoms. The quantitative estimate of drug-likeness (QED) is 0.764. The number of amides is 2. The molecule has 0 bridgehead atoms. The molecule has 2 amide bonds. The molecule has 0 saturated carbocycles. The molecule has 0 aromatic carbocycles. The highest BCUT2D eigenvalue weighted by Gasteiger charge is 2.23. The van der Waals surface area contributed by atoms with E-state index in [0.717, 1.165) is 25.2 Å². The van der Waals surface area contributed by atoms with Gasteiger partial charge in [-0.3, -0.25) is 14.6 Å². The molecule has 6 nitrogen and oxygen atoms in total. The summed E-state index contributed by atoms with van der Waals surface area (Å²) in [5.74, 6) is -0.0402. The fourth-order valence-corrected chi connectivity index (χ4v) is 2.90. The van der Waals surface area contributed by atoms with Crippen LogP contribution in [0.2, 0.25) is 0 Å². The van der Waals surface area contributed by atoms with Crippen LogP contribution >= 0.6 is 0 Å². The normalized spacial score (nSPS) is 19.0. The van der Waals surface area contributed by atoms with Crippen LogP contribution in [-0.4, -0.2) is 66.4 Å². The van der Waals surface area contributed by atoms with Crippen LogP contribution in [0, 0.1) is 0 Å². The van der Waals surface area contributed by atoms with Gasteiger partial charge in [0.05, 0.1) is 0 Å². The zero-order chi connectivity index (χ0) is 14.7. The maximum Gasteiger partial charge on any atom is 0.272 e. The second kappa shape index (κ2) is 6.11. The monoisotopic (exact) mass is 288 g/mol. The number of hydrogen-bond donors (Lipinski definition) is 0.